The van der Waals surface area contributed by atoms with Gasteiger partial charge in [0.1, 0.15) is 0 Å². The van der Waals surface area contributed by atoms with Gasteiger partial charge >= 0.3 is 0 Å². The van der Waals surface area contributed by atoms with Crippen LogP contribution in [0.5, 0.6) is 0 Å². The summed E-state index contributed by atoms with van der Waals surface area (Å²) in [7, 11) is 1.79. The van der Waals surface area contributed by atoms with Gasteiger partial charge in [-0.2, -0.15) is 5.10 Å². The minimum atomic E-state index is 0.312. The average Bonchev–Trinajstić information content (AvgIpc) is 3.26. The highest BCUT2D eigenvalue weighted by atomic mass is 16.5. The zero-order chi connectivity index (χ0) is 16.2. The Morgan fingerprint density at radius 1 is 1.39 bits per heavy atom. The number of aromatic nitrogens is 2. The third-order valence-corrected chi connectivity index (χ3v) is 3.72. The molecule has 0 amide bonds. The second kappa shape index (κ2) is 11.0. The zero-order valence-electron chi connectivity index (χ0n) is 14.0. The van der Waals surface area contributed by atoms with E-state index >= 15 is 0 Å². The molecule has 0 aliphatic carbocycles. The Kier molecular flexibility index (Phi) is 8.50. The molecule has 2 heterocycles. The highest BCUT2D eigenvalue weighted by Crippen LogP contribution is 2.11. The van der Waals surface area contributed by atoms with Crippen molar-refractivity contribution in [1.29, 1.82) is 0 Å². The van der Waals surface area contributed by atoms with Crippen LogP contribution in [0.15, 0.2) is 23.5 Å². The number of hydrogen-bond acceptors (Lipinski definition) is 4. The van der Waals surface area contributed by atoms with E-state index in [4.69, 9.17) is 9.47 Å². The van der Waals surface area contributed by atoms with E-state index in [1.807, 2.05) is 16.9 Å². The molecule has 7 nitrogen and oxygen atoms in total. The van der Waals surface area contributed by atoms with Gasteiger partial charge in [-0.25, -0.2) is 0 Å². The van der Waals surface area contributed by atoms with E-state index < -0.39 is 0 Å². The monoisotopic (exact) mass is 323 g/mol. The molecular formula is C16H29N5O2. The predicted molar refractivity (Wildman–Crippen MR) is 90.6 cm³/mol. The molecule has 1 aliphatic heterocycles. The lowest BCUT2D eigenvalue weighted by Gasteiger charge is -2.13. The fourth-order valence-electron chi connectivity index (χ4n) is 2.47. The number of rotatable bonds is 10. The summed E-state index contributed by atoms with van der Waals surface area (Å²) in [5, 5.41) is 10.8. The van der Waals surface area contributed by atoms with Gasteiger partial charge < -0.3 is 20.1 Å². The molecule has 130 valence electrons. The summed E-state index contributed by atoms with van der Waals surface area (Å²) in [6.07, 6.45) is 8.35. The van der Waals surface area contributed by atoms with Crippen molar-refractivity contribution in [1.82, 2.24) is 20.4 Å². The van der Waals surface area contributed by atoms with E-state index in [1.54, 1.807) is 13.2 Å². The minimum absolute atomic E-state index is 0.312. The van der Waals surface area contributed by atoms with Crippen molar-refractivity contribution in [2.24, 2.45) is 4.99 Å². The summed E-state index contributed by atoms with van der Waals surface area (Å²) in [5.74, 6) is 0.838. The molecule has 1 aliphatic rings. The van der Waals surface area contributed by atoms with E-state index in [0.717, 1.165) is 71.1 Å². The first-order chi connectivity index (χ1) is 11.4. The molecule has 2 rings (SSSR count). The van der Waals surface area contributed by atoms with Crippen molar-refractivity contribution in [3.05, 3.63) is 18.5 Å². The van der Waals surface area contributed by atoms with Crippen molar-refractivity contribution in [2.45, 2.75) is 38.3 Å². The highest BCUT2D eigenvalue weighted by Gasteiger charge is 2.14. The van der Waals surface area contributed by atoms with Crippen molar-refractivity contribution in [3.63, 3.8) is 0 Å². The van der Waals surface area contributed by atoms with E-state index in [0.29, 0.717) is 6.10 Å². The van der Waals surface area contributed by atoms with E-state index in [2.05, 4.69) is 20.7 Å². The number of nitrogens with zero attached hydrogens (tertiary/aromatic N) is 3. The van der Waals surface area contributed by atoms with Crippen LogP contribution in [-0.4, -0.2) is 61.8 Å². The maximum atomic E-state index is 5.64. The van der Waals surface area contributed by atoms with Crippen LogP contribution in [0.3, 0.4) is 0 Å². The third kappa shape index (κ3) is 7.47. The minimum Gasteiger partial charge on any atom is -0.379 e. The predicted octanol–water partition coefficient (Wildman–Crippen LogP) is 1.02. The Labute approximate surface area is 138 Å². The molecule has 2 N–H and O–H groups in total. The summed E-state index contributed by atoms with van der Waals surface area (Å²) in [6, 6.07) is 1.94. The first kappa shape index (κ1) is 17.7. The van der Waals surface area contributed by atoms with Crippen molar-refractivity contribution in [2.75, 3.05) is 40.0 Å². The number of hydrogen-bond donors (Lipinski definition) is 2. The Morgan fingerprint density at radius 3 is 2.96 bits per heavy atom. The second-order valence-electron chi connectivity index (χ2n) is 5.61. The van der Waals surface area contributed by atoms with Crippen molar-refractivity contribution >= 4 is 5.96 Å². The molecule has 0 bridgehead atoms. The summed E-state index contributed by atoms with van der Waals surface area (Å²) in [6.45, 7) is 5.00. The lowest BCUT2D eigenvalue weighted by molar-refractivity contribution is 0.0168. The van der Waals surface area contributed by atoms with Gasteiger partial charge in [-0.3, -0.25) is 9.67 Å². The van der Waals surface area contributed by atoms with Crippen LogP contribution in [0.2, 0.25) is 0 Å². The van der Waals surface area contributed by atoms with Gasteiger partial charge in [-0.1, -0.05) is 0 Å². The molecule has 23 heavy (non-hydrogen) atoms. The SMILES string of the molecule is CN=C(NCCCOCC1CCCO1)NCCCn1cccn1. The van der Waals surface area contributed by atoms with Gasteiger partial charge in [0.2, 0.25) is 0 Å². The summed E-state index contributed by atoms with van der Waals surface area (Å²) < 4.78 is 13.1. The summed E-state index contributed by atoms with van der Waals surface area (Å²) in [4.78, 5) is 4.21. The molecular weight excluding hydrogens is 294 g/mol. The second-order valence-corrected chi connectivity index (χ2v) is 5.61. The van der Waals surface area contributed by atoms with Crippen LogP contribution in [0.25, 0.3) is 0 Å². The van der Waals surface area contributed by atoms with E-state index in [9.17, 15) is 0 Å². The zero-order valence-corrected chi connectivity index (χ0v) is 14.0. The number of ether oxygens (including phenoxy) is 2. The first-order valence-corrected chi connectivity index (χ1v) is 8.50. The number of aryl methyl sites for hydroxylation is 1. The summed E-state index contributed by atoms with van der Waals surface area (Å²) >= 11 is 0. The lowest BCUT2D eigenvalue weighted by atomic mass is 10.2. The van der Waals surface area contributed by atoms with E-state index in [-0.39, 0.29) is 0 Å². The number of nitrogens with one attached hydrogen (secondary N) is 2. The van der Waals surface area contributed by atoms with Gasteiger partial charge in [0.25, 0.3) is 0 Å². The van der Waals surface area contributed by atoms with Crippen LogP contribution in [-0.2, 0) is 16.0 Å². The van der Waals surface area contributed by atoms with Crippen LogP contribution in [0.1, 0.15) is 25.7 Å². The maximum Gasteiger partial charge on any atom is 0.190 e. The molecule has 1 aromatic rings. The average molecular weight is 323 g/mol. The normalized spacial score (nSPS) is 18.3. The Balaban J connectivity index is 1.43. The fourth-order valence-corrected chi connectivity index (χ4v) is 2.47. The molecule has 1 aromatic heterocycles. The molecule has 0 radical (unpaired) electrons. The van der Waals surface area contributed by atoms with Gasteiger partial charge in [0.05, 0.1) is 12.7 Å². The first-order valence-electron chi connectivity index (χ1n) is 8.50. The molecule has 0 aromatic carbocycles. The molecule has 1 fully saturated rings. The number of guanidine groups is 1. The molecule has 0 saturated carbocycles. The van der Waals surface area contributed by atoms with Crippen molar-refractivity contribution < 1.29 is 9.47 Å². The lowest BCUT2D eigenvalue weighted by Crippen LogP contribution is -2.38. The van der Waals surface area contributed by atoms with Gasteiger partial charge in [0.15, 0.2) is 5.96 Å². The fraction of sp³-hybridized carbons (Fsp3) is 0.750. The Hall–Kier alpha value is -1.60. The number of aliphatic imine (C=N–C) groups is 1. The van der Waals surface area contributed by atoms with Crippen LogP contribution in [0, 0.1) is 0 Å². The smallest absolute Gasteiger partial charge is 0.190 e. The third-order valence-electron chi connectivity index (χ3n) is 3.72. The van der Waals surface area contributed by atoms with Crippen LogP contribution >= 0.6 is 0 Å². The van der Waals surface area contributed by atoms with Gasteiger partial charge in [-0.15, -0.1) is 0 Å². The van der Waals surface area contributed by atoms with E-state index in [1.165, 1.54) is 0 Å². The maximum absolute atomic E-state index is 5.64. The molecule has 7 heteroatoms. The van der Waals surface area contributed by atoms with Gasteiger partial charge in [0, 0.05) is 52.3 Å². The molecule has 1 atom stereocenters. The molecule has 1 saturated heterocycles. The van der Waals surface area contributed by atoms with Crippen molar-refractivity contribution in [3.8, 4) is 0 Å². The topological polar surface area (TPSA) is 72.7 Å². The molecule has 1 unspecified atom stereocenters. The van der Waals surface area contributed by atoms with Crippen LogP contribution < -0.4 is 10.6 Å². The Morgan fingerprint density at radius 2 is 2.26 bits per heavy atom. The van der Waals surface area contributed by atoms with Crippen LogP contribution in [0.4, 0.5) is 0 Å². The Bertz CT molecular complexity index is 430. The quantitative estimate of drug-likeness (QED) is 0.382. The highest BCUT2D eigenvalue weighted by molar-refractivity contribution is 5.79. The summed E-state index contributed by atoms with van der Waals surface area (Å²) in [5.41, 5.74) is 0. The largest absolute Gasteiger partial charge is 0.379 e. The molecule has 0 spiro atoms. The standard InChI is InChI=1S/C16H29N5O2/c1-17-16(18-7-3-10-21-11-4-9-20-21)19-8-5-12-22-14-15-6-2-13-23-15/h4,9,11,15H,2-3,5-8,10,12-14H2,1H3,(H2,17,18,19). The van der Waals surface area contributed by atoms with Gasteiger partial charge in [-0.05, 0) is 31.7 Å².